The fourth-order valence-electron chi connectivity index (χ4n) is 4.70. The van der Waals surface area contributed by atoms with Gasteiger partial charge in [0.15, 0.2) is 0 Å². The topological polar surface area (TPSA) is 9.23 Å². The molecule has 0 atom stereocenters. The summed E-state index contributed by atoms with van der Waals surface area (Å²) in [5.74, 6) is 0. The summed E-state index contributed by atoms with van der Waals surface area (Å²) < 4.78 is 6.61. The first-order chi connectivity index (χ1) is 7.62. The zero-order valence-electron chi connectivity index (χ0n) is 11.0. The minimum atomic E-state index is 0.266. The van der Waals surface area contributed by atoms with Crippen molar-refractivity contribution in [2.45, 2.75) is 89.3 Å². The molecule has 16 heavy (non-hydrogen) atoms. The van der Waals surface area contributed by atoms with Gasteiger partial charge in [0.05, 0.1) is 11.2 Å². The third-order valence-corrected chi connectivity index (χ3v) is 5.99. The maximum Gasteiger partial charge on any atom is 0.0768 e. The first kappa shape index (κ1) is 11.1. The largest absolute Gasteiger partial charge is 0.367 e. The summed E-state index contributed by atoms with van der Waals surface area (Å²) in [7, 11) is 0. The maximum atomic E-state index is 6.61. The van der Waals surface area contributed by atoms with Crippen LogP contribution in [0.15, 0.2) is 0 Å². The molecular formula is C15H26O. The van der Waals surface area contributed by atoms with Crippen LogP contribution in [0.2, 0.25) is 0 Å². The highest BCUT2D eigenvalue weighted by atomic mass is 16.6. The van der Waals surface area contributed by atoms with Crippen LogP contribution in [0.4, 0.5) is 0 Å². The molecule has 92 valence electrons. The predicted molar refractivity (Wildman–Crippen MR) is 66.5 cm³/mol. The minimum absolute atomic E-state index is 0.266. The van der Waals surface area contributed by atoms with Crippen molar-refractivity contribution in [1.29, 1.82) is 0 Å². The van der Waals surface area contributed by atoms with Crippen LogP contribution in [0.3, 0.4) is 0 Å². The minimum Gasteiger partial charge on any atom is -0.367 e. The summed E-state index contributed by atoms with van der Waals surface area (Å²) in [6, 6.07) is 0. The molecule has 0 bridgehead atoms. The van der Waals surface area contributed by atoms with Crippen molar-refractivity contribution in [3.05, 3.63) is 0 Å². The van der Waals surface area contributed by atoms with Gasteiger partial charge in [0.2, 0.25) is 0 Å². The quantitative estimate of drug-likeness (QED) is 0.588. The van der Waals surface area contributed by atoms with Crippen LogP contribution in [-0.4, -0.2) is 11.2 Å². The Hall–Kier alpha value is -0.0400. The summed E-state index contributed by atoms with van der Waals surface area (Å²) in [4.78, 5) is 0. The Bertz CT molecular complexity index is 241. The van der Waals surface area contributed by atoms with Crippen LogP contribution >= 0.6 is 0 Å². The van der Waals surface area contributed by atoms with Gasteiger partial charge in [-0.1, -0.05) is 52.4 Å². The third-order valence-electron chi connectivity index (χ3n) is 5.99. The van der Waals surface area contributed by atoms with E-state index in [9.17, 15) is 0 Å². The van der Waals surface area contributed by atoms with Crippen molar-refractivity contribution >= 4 is 0 Å². The zero-order valence-corrected chi connectivity index (χ0v) is 11.0. The van der Waals surface area contributed by atoms with Crippen LogP contribution in [0.1, 0.15) is 78.1 Å². The van der Waals surface area contributed by atoms with Gasteiger partial charge in [-0.05, 0) is 25.7 Å². The molecule has 1 saturated heterocycles. The van der Waals surface area contributed by atoms with E-state index in [2.05, 4.69) is 13.8 Å². The molecule has 0 N–H and O–H groups in total. The lowest BCUT2D eigenvalue weighted by atomic mass is 9.50. The summed E-state index contributed by atoms with van der Waals surface area (Å²) in [5.41, 5.74) is 0.964. The van der Waals surface area contributed by atoms with Gasteiger partial charge >= 0.3 is 0 Å². The van der Waals surface area contributed by atoms with E-state index in [-0.39, 0.29) is 11.2 Å². The molecule has 0 aromatic rings. The van der Waals surface area contributed by atoms with Crippen LogP contribution in [-0.2, 0) is 4.74 Å². The Kier molecular flexibility index (Phi) is 2.41. The number of ether oxygens (including phenoxy) is 1. The van der Waals surface area contributed by atoms with Gasteiger partial charge in [-0.15, -0.1) is 0 Å². The van der Waals surface area contributed by atoms with Gasteiger partial charge in [0.1, 0.15) is 0 Å². The van der Waals surface area contributed by atoms with Crippen LogP contribution in [0.25, 0.3) is 0 Å². The number of hydrogen-bond acceptors (Lipinski definition) is 1. The van der Waals surface area contributed by atoms with E-state index >= 15 is 0 Å². The summed E-state index contributed by atoms with van der Waals surface area (Å²) in [6.07, 6.45) is 13.7. The molecule has 2 spiro atoms. The predicted octanol–water partition coefficient (Wildman–Crippen LogP) is 4.45. The van der Waals surface area contributed by atoms with E-state index in [1.54, 1.807) is 0 Å². The molecule has 3 aliphatic rings. The summed E-state index contributed by atoms with van der Waals surface area (Å²) in [6.45, 7) is 4.99. The molecule has 3 fully saturated rings. The van der Waals surface area contributed by atoms with Crippen molar-refractivity contribution in [2.24, 2.45) is 5.41 Å². The van der Waals surface area contributed by atoms with E-state index in [0.29, 0.717) is 5.41 Å². The van der Waals surface area contributed by atoms with E-state index in [1.165, 1.54) is 64.2 Å². The van der Waals surface area contributed by atoms with E-state index in [4.69, 9.17) is 4.74 Å². The molecule has 1 nitrogen and oxygen atoms in total. The molecule has 1 heterocycles. The maximum absolute atomic E-state index is 6.61. The van der Waals surface area contributed by atoms with Crippen molar-refractivity contribution in [1.82, 2.24) is 0 Å². The molecule has 1 heteroatoms. The Balaban J connectivity index is 1.82. The van der Waals surface area contributed by atoms with Gasteiger partial charge in [-0.2, -0.15) is 0 Å². The highest BCUT2D eigenvalue weighted by molar-refractivity contribution is 5.17. The second-order valence-corrected chi connectivity index (χ2v) is 6.84. The molecule has 0 aromatic carbocycles. The molecule has 3 rings (SSSR count). The molecular weight excluding hydrogens is 196 g/mol. The molecule has 2 aliphatic carbocycles. The SMILES string of the molecule is CC1(C)C2(CCCCC2)OC12CCCCC2. The van der Waals surface area contributed by atoms with E-state index < -0.39 is 0 Å². The van der Waals surface area contributed by atoms with Crippen LogP contribution in [0.5, 0.6) is 0 Å². The molecule has 0 amide bonds. The lowest BCUT2D eigenvalue weighted by molar-refractivity contribution is -0.386. The smallest absolute Gasteiger partial charge is 0.0768 e. The average molecular weight is 222 g/mol. The van der Waals surface area contributed by atoms with Crippen molar-refractivity contribution < 1.29 is 4.74 Å². The zero-order chi connectivity index (χ0) is 11.3. The number of rotatable bonds is 0. The monoisotopic (exact) mass is 222 g/mol. The van der Waals surface area contributed by atoms with Gasteiger partial charge in [-0.3, -0.25) is 0 Å². The van der Waals surface area contributed by atoms with Gasteiger partial charge in [-0.25, -0.2) is 0 Å². The molecule has 0 aromatic heterocycles. The number of hydrogen-bond donors (Lipinski definition) is 0. The van der Waals surface area contributed by atoms with E-state index in [1.807, 2.05) is 0 Å². The van der Waals surface area contributed by atoms with Crippen molar-refractivity contribution in [2.75, 3.05) is 0 Å². The second-order valence-electron chi connectivity index (χ2n) is 6.84. The first-order valence-corrected chi connectivity index (χ1v) is 7.32. The van der Waals surface area contributed by atoms with Gasteiger partial charge in [0, 0.05) is 5.41 Å². The fourth-order valence-corrected chi connectivity index (χ4v) is 4.70. The molecule has 0 radical (unpaired) electrons. The third kappa shape index (κ3) is 1.21. The Labute approximate surface area is 99.9 Å². The highest BCUT2D eigenvalue weighted by Gasteiger charge is 2.69. The van der Waals surface area contributed by atoms with Crippen molar-refractivity contribution in [3.63, 3.8) is 0 Å². The lowest BCUT2D eigenvalue weighted by Gasteiger charge is -2.71. The van der Waals surface area contributed by atoms with E-state index in [0.717, 1.165) is 0 Å². The average Bonchev–Trinajstić information content (AvgIpc) is 2.31. The van der Waals surface area contributed by atoms with Gasteiger partial charge in [0.25, 0.3) is 0 Å². The Morgan fingerprint density at radius 2 is 1.00 bits per heavy atom. The summed E-state index contributed by atoms with van der Waals surface area (Å²) in [5, 5.41) is 0. The Morgan fingerprint density at radius 3 is 1.31 bits per heavy atom. The summed E-state index contributed by atoms with van der Waals surface area (Å²) >= 11 is 0. The fraction of sp³-hybridized carbons (Fsp3) is 1.00. The molecule has 2 saturated carbocycles. The van der Waals surface area contributed by atoms with Crippen molar-refractivity contribution in [3.8, 4) is 0 Å². The van der Waals surface area contributed by atoms with Crippen LogP contribution < -0.4 is 0 Å². The van der Waals surface area contributed by atoms with Gasteiger partial charge < -0.3 is 4.74 Å². The standard InChI is InChI=1S/C15H26O/c1-13(2)14(9-5-3-6-10-14)16-15(13)11-7-4-8-12-15/h3-12H2,1-2H3. The lowest BCUT2D eigenvalue weighted by Crippen LogP contribution is -2.74. The normalized spacial score (nSPS) is 34.9. The van der Waals surface area contributed by atoms with Crippen LogP contribution in [0, 0.1) is 5.41 Å². The molecule has 0 unspecified atom stereocenters. The molecule has 1 aliphatic heterocycles. The Morgan fingerprint density at radius 1 is 0.625 bits per heavy atom. The second kappa shape index (κ2) is 3.48. The first-order valence-electron chi connectivity index (χ1n) is 7.32. The highest BCUT2D eigenvalue weighted by Crippen LogP contribution is 2.66.